The van der Waals surface area contributed by atoms with E-state index in [9.17, 15) is 13.6 Å². The van der Waals surface area contributed by atoms with Crippen LogP contribution in [-0.2, 0) is 4.79 Å². The van der Waals surface area contributed by atoms with Crippen LogP contribution in [0, 0.1) is 11.6 Å². The molecule has 6 heteroatoms. The molecule has 0 radical (unpaired) electrons. The highest BCUT2D eigenvalue weighted by Crippen LogP contribution is 2.20. The van der Waals surface area contributed by atoms with Gasteiger partial charge in [0.15, 0.2) is 17.7 Å². The lowest BCUT2D eigenvalue weighted by Crippen LogP contribution is -2.29. The lowest BCUT2D eigenvalue weighted by molar-refractivity contribution is -0.145. The molecular formula is C10H11F2NO3. The van der Waals surface area contributed by atoms with Gasteiger partial charge in [0.2, 0.25) is 0 Å². The SMILES string of the molecule is NCCC(Oc1cc(F)ccc1F)C(=O)O. The summed E-state index contributed by atoms with van der Waals surface area (Å²) in [6.45, 7) is 0.0773. The number of ether oxygens (including phenoxy) is 1. The second-order valence-corrected chi connectivity index (χ2v) is 3.10. The van der Waals surface area contributed by atoms with E-state index in [1.54, 1.807) is 0 Å². The van der Waals surface area contributed by atoms with Crippen LogP contribution in [0.4, 0.5) is 8.78 Å². The molecule has 0 fully saturated rings. The molecule has 0 aliphatic carbocycles. The molecule has 0 amide bonds. The molecule has 0 saturated heterocycles. The molecule has 4 nitrogen and oxygen atoms in total. The molecule has 1 rings (SSSR count). The van der Waals surface area contributed by atoms with E-state index in [4.69, 9.17) is 15.6 Å². The van der Waals surface area contributed by atoms with Crippen LogP contribution in [-0.4, -0.2) is 23.7 Å². The fraction of sp³-hybridized carbons (Fsp3) is 0.300. The molecule has 1 atom stereocenters. The molecule has 0 heterocycles. The first-order chi connectivity index (χ1) is 7.54. The van der Waals surface area contributed by atoms with Crippen molar-refractivity contribution in [1.82, 2.24) is 0 Å². The van der Waals surface area contributed by atoms with Gasteiger partial charge < -0.3 is 15.6 Å². The summed E-state index contributed by atoms with van der Waals surface area (Å²) in [5, 5.41) is 8.73. The van der Waals surface area contributed by atoms with E-state index in [2.05, 4.69) is 0 Å². The predicted molar refractivity (Wildman–Crippen MR) is 52.1 cm³/mol. The zero-order valence-corrected chi connectivity index (χ0v) is 8.32. The van der Waals surface area contributed by atoms with Gasteiger partial charge in [-0.3, -0.25) is 0 Å². The lowest BCUT2D eigenvalue weighted by atomic mass is 10.2. The number of carboxylic acids is 1. The number of nitrogens with two attached hydrogens (primary N) is 1. The Bertz CT molecular complexity index is 384. The molecule has 0 aromatic heterocycles. The average molecular weight is 231 g/mol. The second kappa shape index (κ2) is 5.41. The summed E-state index contributed by atoms with van der Waals surface area (Å²) in [7, 11) is 0. The van der Waals surface area contributed by atoms with Crippen LogP contribution in [0.25, 0.3) is 0 Å². The van der Waals surface area contributed by atoms with E-state index >= 15 is 0 Å². The molecule has 0 saturated carbocycles. The van der Waals surface area contributed by atoms with Gasteiger partial charge in [0.25, 0.3) is 0 Å². The van der Waals surface area contributed by atoms with Crippen LogP contribution < -0.4 is 10.5 Å². The van der Waals surface area contributed by atoms with Crippen molar-refractivity contribution in [2.24, 2.45) is 5.73 Å². The first-order valence-corrected chi connectivity index (χ1v) is 4.59. The molecule has 3 N–H and O–H groups in total. The van der Waals surface area contributed by atoms with Crippen molar-refractivity contribution >= 4 is 5.97 Å². The highest BCUT2D eigenvalue weighted by atomic mass is 19.1. The maximum atomic E-state index is 13.1. The zero-order chi connectivity index (χ0) is 12.1. The van der Waals surface area contributed by atoms with Gasteiger partial charge in [-0.1, -0.05) is 0 Å². The Kier molecular flexibility index (Phi) is 4.19. The van der Waals surface area contributed by atoms with E-state index < -0.39 is 29.5 Å². The van der Waals surface area contributed by atoms with Crippen molar-refractivity contribution < 1.29 is 23.4 Å². The number of rotatable bonds is 5. The average Bonchev–Trinajstić information content (AvgIpc) is 2.22. The van der Waals surface area contributed by atoms with Crippen molar-refractivity contribution in [3.8, 4) is 5.75 Å². The standard InChI is InChI=1S/C10H11F2NO3/c11-6-1-2-7(12)9(5-6)16-8(3-4-13)10(14)15/h1-2,5,8H,3-4,13H2,(H,14,15). The first-order valence-electron chi connectivity index (χ1n) is 4.59. The van der Waals surface area contributed by atoms with Gasteiger partial charge in [0, 0.05) is 12.5 Å². The molecule has 0 bridgehead atoms. The molecule has 0 aliphatic heterocycles. The number of halogens is 2. The normalized spacial score (nSPS) is 12.2. The summed E-state index contributed by atoms with van der Waals surface area (Å²) < 4.78 is 30.7. The number of hydrogen-bond acceptors (Lipinski definition) is 3. The van der Waals surface area contributed by atoms with Crippen LogP contribution >= 0.6 is 0 Å². The molecule has 16 heavy (non-hydrogen) atoms. The summed E-state index contributed by atoms with van der Waals surface area (Å²) in [6, 6.07) is 2.58. The summed E-state index contributed by atoms with van der Waals surface area (Å²) in [5.41, 5.74) is 5.18. The Morgan fingerprint density at radius 1 is 1.50 bits per heavy atom. The summed E-state index contributed by atoms with van der Waals surface area (Å²) >= 11 is 0. The third-order valence-corrected chi connectivity index (χ3v) is 1.87. The van der Waals surface area contributed by atoms with Crippen LogP contribution in [0.3, 0.4) is 0 Å². The Balaban J connectivity index is 2.84. The topological polar surface area (TPSA) is 72.5 Å². The smallest absolute Gasteiger partial charge is 0.344 e. The van der Waals surface area contributed by atoms with Crippen molar-refractivity contribution in [1.29, 1.82) is 0 Å². The van der Waals surface area contributed by atoms with Crippen molar-refractivity contribution in [3.05, 3.63) is 29.8 Å². The maximum absolute atomic E-state index is 13.1. The number of hydrogen-bond donors (Lipinski definition) is 2. The Hall–Kier alpha value is -1.69. The van der Waals surface area contributed by atoms with E-state index in [0.717, 1.165) is 18.2 Å². The highest BCUT2D eigenvalue weighted by molar-refractivity contribution is 5.72. The molecule has 1 aromatic carbocycles. The van der Waals surface area contributed by atoms with Crippen LogP contribution in [0.2, 0.25) is 0 Å². The van der Waals surface area contributed by atoms with Gasteiger partial charge in [-0.25, -0.2) is 13.6 Å². The van der Waals surface area contributed by atoms with Gasteiger partial charge in [0.05, 0.1) is 0 Å². The van der Waals surface area contributed by atoms with Crippen LogP contribution in [0.15, 0.2) is 18.2 Å². The lowest BCUT2D eigenvalue weighted by Gasteiger charge is -2.14. The Labute approximate surface area is 90.6 Å². The zero-order valence-electron chi connectivity index (χ0n) is 8.32. The minimum Gasteiger partial charge on any atom is -0.479 e. The van der Waals surface area contributed by atoms with Gasteiger partial charge in [-0.2, -0.15) is 0 Å². The molecule has 88 valence electrons. The van der Waals surface area contributed by atoms with Crippen molar-refractivity contribution in [2.75, 3.05) is 6.54 Å². The van der Waals surface area contributed by atoms with E-state index in [0.29, 0.717) is 0 Å². The molecule has 1 unspecified atom stereocenters. The van der Waals surface area contributed by atoms with E-state index in [-0.39, 0.29) is 13.0 Å². The summed E-state index contributed by atoms with van der Waals surface area (Å²) in [5.74, 6) is -3.21. The Morgan fingerprint density at radius 2 is 2.19 bits per heavy atom. The summed E-state index contributed by atoms with van der Waals surface area (Å²) in [6.07, 6.45) is -1.26. The molecule has 0 spiro atoms. The number of carboxylic acid groups (broad SMARTS) is 1. The number of benzene rings is 1. The number of aliphatic carboxylic acids is 1. The van der Waals surface area contributed by atoms with E-state index in [1.165, 1.54) is 0 Å². The third-order valence-electron chi connectivity index (χ3n) is 1.87. The van der Waals surface area contributed by atoms with Gasteiger partial charge in [-0.15, -0.1) is 0 Å². The van der Waals surface area contributed by atoms with E-state index in [1.807, 2.05) is 0 Å². The summed E-state index contributed by atoms with van der Waals surface area (Å²) in [4.78, 5) is 10.7. The minimum atomic E-state index is -1.28. The van der Waals surface area contributed by atoms with Crippen LogP contribution in [0.5, 0.6) is 5.75 Å². The van der Waals surface area contributed by atoms with Crippen LogP contribution in [0.1, 0.15) is 6.42 Å². The first kappa shape index (κ1) is 12.4. The maximum Gasteiger partial charge on any atom is 0.344 e. The minimum absolute atomic E-state index is 0.0191. The third kappa shape index (κ3) is 3.16. The largest absolute Gasteiger partial charge is 0.479 e. The van der Waals surface area contributed by atoms with Crippen molar-refractivity contribution in [3.63, 3.8) is 0 Å². The fourth-order valence-electron chi connectivity index (χ4n) is 1.10. The predicted octanol–water partition coefficient (Wildman–Crippen LogP) is 1.15. The quantitative estimate of drug-likeness (QED) is 0.797. The van der Waals surface area contributed by atoms with Crippen molar-refractivity contribution in [2.45, 2.75) is 12.5 Å². The highest BCUT2D eigenvalue weighted by Gasteiger charge is 2.20. The van der Waals surface area contributed by atoms with Gasteiger partial charge >= 0.3 is 5.97 Å². The Morgan fingerprint density at radius 3 is 2.75 bits per heavy atom. The molecular weight excluding hydrogens is 220 g/mol. The fourth-order valence-corrected chi connectivity index (χ4v) is 1.10. The monoisotopic (exact) mass is 231 g/mol. The van der Waals surface area contributed by atoms with Gasteiger partial charge in [-0.05, 0) is 18.7 Å². The number of carbonyl (C=O) groups is 1. The second-order valence-electron chi connectivity index (χ2n) is 3.10. The molecule has 1 aromatic rings. The van der Waals surface area contributed by atoms with Gasteiger partial charge in [0.1, 0.15) is 5.82 Å². The molecule has 0 aliphatic rings.